The number of hydrogen-bond donors (Lipinski definition) is 0. The molecule has 2 nitrogen and oxygen atoms in total. The number of rotatable bonds is 2. The van der Waals surface area contributed by atoms with E-state index in [1.165, 1.54) is 6.07 Å². The van der Waals surface area contributed by atoms with Crippen molar-refractivity contribution in [1.29, 1.82) is 0 Å². The molecule has 0 spiro atoms. The number of pyridine rings is 1. The lowest BCUT2D eigenvalue weighted by molar-refractivity contribution is 0.398. The van der Waals surface area contributed by atoms with E-state index in [1.807, 2.05) is 19.9 Å². The molecule has 1 aromatic carbocycles. The summed E-state index contributed by atoms with van der Waals surface area (Å²) in [6.45, 7) is 3.95. The van der Waals surface area contributed by atoms with Gasteiger partial charge in [0.25, 0.3) is 0 Å². The smallest absolute Gasteiger partial charge is 0.213 e. The Kier molecular flexibility index (Phi) is 2.77. The average Bonchev–Trinajstić information content (AvgIpc) is 2.27. The van der Waals surface area contributed by atoms with Crippen LogP contribution >= 0.6 is 0 Å². The molecular formula is C13H14FNO. The van der Waals surface area contributed by atoms with Crippen LogP contribution in [0.4, 0.5) is 4.39 Å². The monoisotopic (exact) mass is 219 g/mol. The first-order valence-corrected chi connectivity index (χ1v) is 5.25. The van der Waals surface area contributed by atoms with E-state index in [4.69, 9.17) is 4.74 Å². The molecule has 0 aliphatic carbocycles. The van der Waals surface area contributed by atoms with Gasteiger partial charge in [0.1, 0.15) is 5.82 Å². The standard InChI is InChI=1S/C13H14FNO/c1-8(2)13-10-7-15-12(16-3)6-9(10)4-5-11(13)14/h4-8H,1-3H3. The molecule has 1 aromatic heterocycles. The molecule has 0 bridgehead atoms. The summed E-state index contributed by atoms with van der Waals surface area (Å²) in [5, 5.41) is 1.81. The fourth-order valence-electron chi connectivity index (χ4n) is 1.89. The van der Waals surface area contributed by atoms with Gasteiger partial charge in [-0.25, -0.2) is 9.37 Å². The predicted octanol–water partition coefficient (Wildman–Crippen LogP) is 3.51. The number of nitrogens with zero attached hydrogens (tertiary/aromatic N) is 1. The van der Waals surface area contributed by atoms with E-state index in [1.54, 1.807) is 19.4 Å². The third-order valence-corrected chi connectivity index (χ3v) is 2.65. The highest BCUT2D eigenvalue weighted by Gasteiger charge is 2.11. The zero-order chi connectivity index (χ0) is 11.7. The highest BCUT2D eigenvalue weighted by Crippen LogP contribution is 2.29. The molecule has 0 saturated carbocycles. The minimum atomic E-state index is -0.172. The van der Waals surface area contributed by atoms with Crippen LogP contribution in [-0.4, -0.2) is 12.1 Å². The second kappa shape index (κ2) is 4.08. The highest BCUT2D eigenvalue weighted by molar-refractivity contribution is 5.86. The van der Waals surface area contributed by atoms with Crippen molar-refractivity contribution in [2.45, 2.75) is 19.8 Å². The van der Waals surface area contributed by atoms with Crippen LogP contribution in [0.3, 0.4) is 0 Å². The minimum absolute atomic E-state index is 0.138. The zero-order valence-electron chi connectivity index (χ0n) is 9.62. The van der Waals surface area contributed by atoms with E-state index in [2.05, 4.69) is 4.98 Å². The molecular weight excluding hydrogens is 205 g/mol. The van der Waals surface area contributed by atoms with Gasteiger partial charge in [-0.2, -0.15) is 0 Å². The van der Waals surface area contributed by atoms with Gasteiger partial charge in [0.2, 0.25) is 5.88 Å². The second-order valence-electron chi connectivity index (χ2n) is 4.06. The highest BCUT2D eigenvalue weighted by atomic mass is 19.1. The van der Waals surface area contributed by atoms with Gasteiger partial charge in [-0.05, 0) is 22.9 Å². The fourth-order valence-corrected chi connectivity index (χ4v) is 1.89. The topological polar surface area (TPSA) is 22.1 Å². The summed E-state index contributed by atoms with van der Waals surface area (Å²) in [6, 6.07) is 5.07. The molecule has 2 rings (SSSR count). The Hall–Kier alpha value is -1.64. The summed E-state index contributed by atoms with van der Waals surface area (Å²) >= 11 is 0. The molecule has 0 aliphatic heterocycles. The van der Waals surface area contributed by atoms with Crippen molar-refractivity contribution in [2.75, 3.05) is 7.11 Å². The van der Waals surface area contributed by atoms with Gasteiger partial charge in [-0.1, -0.05) is 19.9 Å². The van der Waals surface area contributed by atoms with Crippen molar-refractivity contribution >= 4 is 10.8 Å². The SMILES string of the molecule is COc1cc2ccc(F)c(C(C)C)c2cn1. The number of methoxy groups -OCH3 is 1. The summed E-state index contributed by atoms with van der Waals surface area (Å²) in [4.78, 5) is 4.12. The van der Waals surface area contributed by atoms with Gasteiger partial charge in [-0.3, -0.25) is 0 Å². The lowest BCUT2D eigenvalue weighted by Crippen LogP contribution is -1.96. The molecule has 16 heavy (non-hydrogen) atoms. The number of hydrogen-bond acceptors (Lipinski definition) is 2. The Bertz CT molecular complexity index is 523. The van der Waals surface area contributed by atoms with Crippen molar-refractivity contribution in [2.24, 2.45) is 0 Å². The number of halogens is 1. The van der Waals surface area contributed by atoms with Crippen LogP contribution in [0, 0.1) is 5.82 Å². The normalized spacial score (nSPS) is 11.1. The van der Waals surface area contributed by atoms with Crippen molar-refractivity contribution < 1.29 is 9.13 Å². The molecule has 3 heteroatoms. The van der Waals surface area contributed by atoms with E-state index in [0.29, 0.717) is 11.4 Å². The van der Waals surface area contributed by atoms with Gasteiger partial charge in [0, 0.05) is 17.6 Å². The predicted molar refractivity (Wildman–Crippen MR) is 62.3 cm³/mol. The van der Waals surface area contributed by atoms with E-state index in [-0.39, 0.29) is 11.7 Å². The van der Waals surface area contributed by atoms with E-state index in [0.717, 1.165) is 10.8 Å². The fraction of sp³-hybridized carbons (Fsp3) is 0.308. The first-order valence-electron chi connectivity index (χ1n) is 5.25. The average molecular weight is 219 g/mol. The molecule has 84 valence electrons. The van der Waals surface area contributed by atoms with Crippen LogP contribution in [0.1, 0.15) is 25.3 Å². The first kappa shape index (κ1) is 10.9. The van der Waals surface area contributed by atoms with Crippen LogP contribution in [0.2, 0.25) is 0 Å². The Morgan fingerprint density at radius 3 is 2.69 bits per heavy atom. The molecule has 0 unspecified atom stereocenters. The quantitative estimate of drug-likeness (QED) is 0.771. The lowest BCUT2D eigenvalue weighted by Gasteiger charge is -2.11. The van der Waals surface area contributed by atoms with Crippen molar-refractivity contribution in [1.82, 2.24) is 4.98 Å². The molecule has 0 N–H and O–H groups in total. The second-order valence-corrected chi connectivity index (χ2v) is 4.06. The van der Waals surface area contributed by atoms with Gasteiger partial charge in [0.15, 0.2) is 0 Å². The molecule has 0 atom stereocenters. The summed E-state index contributed by atoms with van der Waals surface area (Å²) in [5.41, 5.74) is 0.715. The third kappa shape index (κ3) is 1.73. The maximum atomic E-state index is 13.7. The van der Waals surface area contributed by atoms with Gasteiger partial charge >= 0.3 is 0 Å². The molecule has 0 amide bonds. The maximum Gasteiger partial charge on any atom is 0.213 e. The Labute approximate surface area is 94.1 Å². The Morgan fingerprint density at radius 2 is 2.06 bits per heavy atom. The van der Waals surface area contributed by atoms with Crippen molar-refractivity contribution in [3.05, 3.63) is 35.8 Å². The number of fused-ring (bicyclic) bond motifs is 1. The van der Waals surface area contributed by atoms with Crippen LogP contribution in [0.15, 0.2) is 24.4 Å². The van der Waals surface area contributed by atoms with Gasteiger partial charge in [-0.15, -0.1) is 0 Å². The number of ether oxygens (including phenoxy) is 1. The lowest BCUT2D eigenvalue weighted by atomic mass is 9.97. The van der Waals surface area contributed by atoms with E-state index < -0.39 is 0 Å². The molecule has 0 radical (unpaired) electrons. The van der Waals surface area contributed by atoms with Crippen LogP contribution in [-0.2, 0) is 0 Å². The largest absolute Gasteiger partial charge is 0.481 e. The third-order valence-electron chi connectivity index (χ3n) is 2.65. The maximum absolute atomic E-state index is 13.7. The molecule has 2 aromatic rings. The van der Waals surface area contributed by atoms with Crippen LogP contribution in [0.5, 0.6) is 5.88 Å². The number of aromatic nitrogens is 1. The summed E-state index contributed by atoms with van der Waals surface area (Å²) in [5.74, 6) is 0.516. The van der Waals surface area contributed by atoms with E-state index >= 15 is 0 Å². The molecule has 0 fully saturated rings. The zero-order valence-corrected chi connectivity index (χ0v) is 9.62. The number of benzene rings is 1. The Morgan fingerprint density at radius 1 is 1.31 bits per heavy atom. The summed E-state index contributed by atoms with van der Waals surface area (Å²) in [6.07, 6.45) is 1.67. The summed E-state index contributed by atoms with van der Waals surface area (Å²) < 4.78 is 18.7. The summed E-state index contributed by atoms with van der Waals surface area (Å²) in [7, 11) is 1.57. The minimum Gasteiger partial charge on any atom is -0.481 e. The van der Waals surface area contributed by atoms with Crippen molar-refractivity contribution in [3.63, 3.8) is 0 Å². The molecule has 0 saturated heterocycles. The van der Waals surface area contributed by atoms with Gasteiger partial charge in [0.05, 0.1) is 7.11 Å². The van der Waals surface area contributed by atoms with Crippen LogP contribution in [0.25, 0.3) is 10.8 Å². The Balaban J connectivity index is 2.74. The van der Waals surface area contributed by atoms with Crippen molar-refractivity contribution in [3.8, 4) is 5.88 Å². The molecule has 0 aliphatic rings. The van der Waals surface area contributed by atoms with Gasteiger partial charge < -0.3 is 4.74 Å². The molecule has 1 heterocycles. The first-order chi connectivity index (χ1) is 7.63. The van der Waals surface area contributed by atoms with E-state index in [9.17, 15) is 4.39 Å². The van der Waals surface area contributed by atoms with Crippen LogP contribution < -0.4 is 4.74 Å².